The quantitative estimate of drug-likeness (QED) is 0.693. The molecule has 4 heteroatoms. The van der Waals surface area contributed by atoms with Crippen LogP contribution in [0.25, 0.3) is 11.1 Å². The van der Waals surface area contributed by atoms with Crippen molar-refractivity contribution < 1.29 is 4.74 Å². The molecule has 4 nitrogen and oxygen atoms in total. The molecule has 0 amide bonds. The summed E-state index contributed by atoms with van der Waals surface area (Å²) in [7, 11) is 0. The molecule has 1 fully saturated rings. The van der Waals surface area contributed by atoms with E-state index in [2.05, 4.69) is 47.2 Å². The smallest absolute Gasteiger partial charge is 0.127 e. The first-order valence-electron chi connectivity index (χ1n) is 9.26. The minimum atomic E-state index is 0.453. The van der Waals surface area contributed by atoms with Crippen LogP contribution in [-0.4, -0.2) is 9.78 Å². The minimum absolute atomic E-state index is 0.453. The highest BCUT2D eigenvalue weighted by atomic mass is 16.5. The average molecular weight is 347 g/mol. The summed E-state index contributed by atoms with van der Waals surface area (Å²) in [4.78, 5) is 0. The van der Waals surface area contributed by atoms with Crippen molar-refractivity contribution in [3.63, 3.8) is 0 Å². The van der Waals surface area contributed by atoms with Crippen LogP contribution in [0.2, 0.25) is 0 Å². The Balaban J connectivity index is 1.55. The molecule has 0 saturated heterocycles. The van der Waals surface area contributed by atoms with Crippen LogP contribution in [0.3, 0.4) is 0 Å². The van der Waals surface area contributed by atoms with Gasteiger partial charge >= 0.3 is 0 Å². The van der Waals surface area contributed by atoms with Gasteiger partial charge in [0.15, 0.2) is 0 Å². The summed E-state index contributed by atoms with van der Waals surface area (Å²) in [5, 5.41) is 4.51. The summed E-state index contributed by atoms with van der Waals surface area (Å²) >= 11 is 0. The van der Waals surface area contributed by atoms with E-state index in [9.17, 15) is 0 Å². The van der Waals surface area contributed by atoms with Gasteiger partial charge in [0, 0.05) is 30.4 Å². The van der Waals surface area contributed by atoms with E-state index in [0.717, 1.165) is 46.0 Å². The van der Waals surface area contributed by atoms with Crippen molar-refractivity contribution in [1.82, 2.24) is 9.78 Å². The Kier molecular flexibility index (Phi) is 4.76. The fourth-order valence-electron chi connectivity index (χ4n) is 3.28. The van der Waals surface area contributed by atoms with Crippen molar-refractivity contribution in [2.75, 3.05) is 0 Å². The maximum absolute atomic E-state index is 6.10. The number of nitrogens with zero attached hydrogens (tertiary/aromatic N) is 2. The van der Waals surface area contributed by atoms with Crippen molar-refractivity contribution in [2.24, 2.45) is 11.7 Å². The summed E-state index contributed by atoms with van der Waals surface area (Å²) in [5.74, 6) is 1.71. The van der Waals surface area contributed by atoms with Crippen LogP contribution in [0.5, 0.6) is 5.75 Å². The van der Waals surface area contributed by atoms with Gasteiger partial charge < -0.3 is 10.5 Å². The van der Waals surface area contributed by atoms with Gasteiger partial charge in [-0.3, -0.25) is 4.68 Å². The zero-order chi connectivity index (χ0) is 17.9. The molecule has 3 aromatic rings. The van der Waals surface area contributed by atoms with Crippen LogP contribution in [0.1, 0.15) is 29.5 Å². The second kappa shape index (κ2) is 7.34. The van der Waals surface area contributed by atoms with E-state index in [1.54, 1.807) is 0 Å². The first-order chi connectivity index (χ1) is 12.7. The van der Waals surface area contributed by atoms with Gasteiger partial charge in [0.1, 0.15) is 12.4 Å². The molecule has 0 bridgehead atoms. The molecular weight excluding hydrogens is 322 g/mol. The van der Waals surface area contributed by atoms with Crippen molar-refractivity contribution in [1.29, 1.82) is 0 Å². The van der Waals surface area contributed by atoms with Crippen LogP contribution in [0.4, 0.5) is 0 Å². The van der Waals surface area contributed by atoms with E-state index in [-0.39, 0.29) is 0 Å². The second-order valence-electron chi connectivity index (χ2n) is 7.15. The maximum Gasteiger partial charge on any atom is 0.127 e. The van der Waals surface area contributed by atoms with Gasteiger partial charge in [-0.1, -0.05) is 30.3 Å². The third kappa shape index (κ3) is 3.81. The minimum Gasteiger partial charge on any atom is -0.488 e. The summed E-state index contributed by atoms with van der Waals surface area (Å²) in [6.45, 7) is 4.11. The number of rotatable bonds is 7. The Morgan fingerprint density at radius 3 is 2.69 bits per heavy atom. The number of ether oxygens (including phenoxy) is 1. The number of aryl methyl sites for hydroxylation is 1. The zero-order valence-electron chi connectivity index (χ0n) is 15.2. The molecule has 0 unspecified atom stereocenters. The van der Waals surface area contributed by atoms with Gasteiger partial charge in [-0.05, 0) is 54.5 Å². The Labute approximate surface area is 154 Å². The highest BCUT2D eigenvalue weighted by molar-refractivity contribution is 5.66. The molecule has 4 rings (SSSR count). The summed E-state index contributed by atoms with van der Waals surface area (Å²) in [6.07, 6.45) is 6.75. The standard InChI is InChI=1S/C22H25N3O/c1-16-9-19(21-12-24-25(14-21)13-17-7-8-17)10-20(11-23)22(16)26-15-18-5-3-2-4-6-18/h2-6,9-10,12,14,17H,7-8,11,13,15,23H2,1H3. The average Bonchev–Trinajstić information content (AvgIpc) is 3.35. The van der Waals surface area contributed by atoms with E-state index in [4.69, 9.17) is 10.5 Å². The summed E-state index contributed by atoms with van der Waals surface area (Å²) in [6, 6.07) is 14.5. The fourth-order valence-corrected chi connectivity index (χ4v) is 3.28. The number of hydrogen-bond donors (Lipinski definition) is 1. The van der Waals surface area contributed by atoms with Gasteiger partial charge in [-0.15, -0.1) is 0 Å². The van der Waals surface area contributed by atoms with Gasteiger partial charge in [0.05, 0.1) is 6.20 Å². The third-order valence-corrected chi connectivity index (χ3v) is 4.91. The van der Waals surface area contributed by atoms with Crippen LogP contribution in [0, 0.1) is 12.8 Å². The lowest BCUT2D eigenvalue weighted by atomic mass is 10.0. The molecule has 1 aliphatic rings. The van der Waals surface area contributed by atoms with Crippen LogP contribution in [-0.2, 0) is 19.7 Å². The fraction of sp³-hybridized carbons (Fsp3) is 0.318. The molecule has 1 aliphatic carbocycles. The van der Waals surface area contributed by atoms with Gasteiger partial charge in [0.2, 0.25) is 0 Å². The molecule has 1 aromatic heterocycles. The third-order valence-electron chi connectivity index (χ3n) is 4.91. The van der Waals surface area contributed by atoms with E-state index in [0.29, 0.717) is 13.2 Å². The largest absolute Gasteiger partial charge is 0.488 e. The molecule has 2 N–H and O–H groups in total. The summed E-state index contributed by atoms with van der Waals surface area (Å²) in [5.41, 5.74) is 11.6. The first kappa shape index (κ1) is 16.9. The van der Waals surface area contributed by atoms with Gasteiger partial charge in [0.25, 0.3) is 0 Å². The number of hydrogen-bond acceptors (Lipinski definition) is 3. The number of nitrogens with two attached hydrogens (primary N) is 1. The Hall–Kier alpha value is -2.59. The van der Waals surface area contributed by atoms with E-state index in [1.165, 1.54) is 12.8 Å². The number of aromatic nitrogens is 2. The molecule has 0 radical (unpaired) electrons. The van der Waals surface area contributed by atoms with Crippen molar-refractivity contribution in [3.8, 4) is 16.9 Å². The van der Waals surface area contributed by atoms with E-state index < -0.39 is 0 Å². The van der Waals surface area contributed by atoms with E-state index in [1.807, 2.05) is 24.4 Å². The molecule has 2 aromatic carbocycles. The molecule has 0 spiro atoms. The highest BCUT2D eigenvalue weighted by Gasteiger charge is 2.22. The number of benzene rings is 2. The zero-order valence-corrected chi connectivity index (χ0v) is 15.2. The molecule has 0 atom stereocenters. The first-order valence-corrected chi connectivity index (χ1v) is 9.26. The second-order valence-corrected chi connectivity index (χ2v) is 7.15. The topological polar surface area (TPSA) is 53.1 Å². The Morgan fingerprint density at radius 1 is 1.15 bits per heavy atom. The Bertz CT molecular complexity index is 882. The van der Waals surface area contributed by atoms with Crippen molar-refractivity contribution in [2.45, 2.75) is 39.5 Å². The van der Waals surface area contributed by atoms with Crippen molar-refractivity contribution >= 4 is 0 Å². The lowest BCUT2D eigenvalue weighted by Crippen LogP contribution is -2.05. The van der Waals surface area contributed by atoms with Gasteiger partial charge in [-0.25, -0.2) is 0 Å². The molecule has 1 heterocycles. The van der Waals surface area contributed by atoms with Crippen molar-refractivity contribution in [3.05, 3.63) is 71.5 Å². The Morgan fingerprint density at radius 2 is 1.96 bits per heavy atom. The lowest BCUT2D eigenvalue weighted by Gasteiger charge is -2.15. The van der Waals surface area contributed by atoms with Gasteiger partial charge in [-0.2, -0.15) is 5.10 Å². The SMILES string of the molecule is Cc1cc(-c2cnn(CC3CC3)c2)cc(CN)c1OCc1ccccc1. The molecule has 0 aliphatic heterocycles. The van der Waals surface area contributed by atoms with Crippen LogP contribution in [0.15, 0.2) is 54.9 Å². The summed E-state index contributed by atoms with van der Waals surface area (Å²) < 4.78 is 8.16. The highest BCUT2D eigenvalue weighted by Crippen LogP contribution is 2.33. The predicted octanol–water partition coefficient (Wildman–Crippen LogP) is 4.31. The molecule has 134 valence electrons. The predicted molar refractivity (Wildman–Crippen MR) is 104 cm³/mol. The monoisotopic (exact) mass is 347 g/mol. The maximum atomic E-state index is 6.10. The normalized spacial score (nSPS) is 13.8. The molecule has 1 saturated carbocycles. The molecular formula is C22H25N3O. The van der Waals surface area contributed by atoms with E-state index >= 15 is 0 Å². The lowest BCUT2D eigenvalue weighted by molar-refractivity contribution is 0.301. The molecule has 26 heavy (non-hydrogen) atoms. The van der Waals surface area contributed by atoms with Crippen LogP contribution < -0.4 is 10.5 Å². The van der Waals surface area contributed by atoms with Crippen LogP contribution >= 0.6 is 0 Å².